The lowest BCUT2D eigenvalue weighted by atomic mass is 10.1. The monoisotopic (exact) mass is 270 g/mol. The van der Waals surface area contributed by atoms with Crippen LogP contribution in [0.5, 0.6) is 0 Å². The van der Waals surface area contributed by atoms with Gasteiger partial charge in [0.2, 0.25) is 0 Å². The molecule has 1 unspecified atom stereocenters. The Morgan fingerprint density at radius 2 is 2.24 bits per heavy atom. The van der Waals surface area contributed by atoms with E-state index >= 15 is 0 Å². The number of hydrogen-bond donors (Lipinski definition) is 2. The van der Waals surface area contributed by atoms with Gasteiger partial charge in [0.15, 0.2) is 0 Å². The molecule has 0 saturated carbocycles. The molecule has 0 bridgehead atoms. The number of nitrogens with one attached hydrogen (secondary N) is 1. The maximum Gasteiger partial charge on any atom is 0.125 e. The third kappa shape index (κ3) is 2.97. The summed E-state index contributed by atoms with van der Waals surface area (Å²) < 4.78 is 13.1. The summed E-state index contributed by atoms with van der Waals surface area (Å²) in [6, 6.07) is 6.16. The standard InChI is InChI=1S/C12H12ClFN2S/c13-10-2-1-9(14)5-11(10)16-12(6-15)8-3-4-17-7-8/h1-5,7,12,16H,6,15H2. The molecule has 0 amide bonds. The van der Waals surface area contributed by atoms with Gasteiger partial charge in [-0.2, -0.15) is 11.3 Å². The van der Waals surface area contributed by atoms with Crippen molar-refractivity contribution >= 4 is 28.6 Å². The van der Waals surface area contributed by atoms with E-state index in [2.05, 4.69) is 5.32 Å². The number of benzene rings is 1. The molecule has 0 aliphatic heterocycles. The van der Waals surface area contributed by atoms with Crippen LogP contribution >= 0.6 is 22.9 Å². The lowest BCUT2D eigenvalue weighted by molar-refractivity contribution is 0.627. The molecule has 0 aliphatic rings. The Bertz CT molecular complexity index is 487. The normalized spacial score (nSPS) is 12.4. The van der Waals surface area contributed by atoms with E-state index in [4.69, 9.17) is 17.3 Å². The molecule has 2 nitrogen and oxygen atoms in total. The second-order valence-electron chi connectivity index (χ2n) is 3.61. The van der Waals surface area contributed by atoms with Crippen LogP contribution in [0.1, 0.15) is 11.6 Å². The maximum absolute atomic E-state index is 13.1. The van der Waals surface area contributed by atoms with Crippen molar-refractivity contribution in [3.63, 3.8) is 0 Å². The highest BCUT2D eigenvalue weighted by Crippen LogP contribution is 2.27. The molecule has 17 heavy (non-hydrogen) atoms. The summed E-state index contributed by atoms with van der Waals surface area (Å²) in [6.07, 6.45) is 0. The topological polar surface area (TPSA) is 38.0 Å². The fraction of sp³-hybridized carbons (Fsp3) is 0.167. The van der Waals surface area contributed by atoms with Crippen LogP contribution in [-0.2, 0) is 0 Å². The van der Waals surface area contributed by atoms with Crippen molar-refractivity contribution in [1.29, 1.82) is 0 Å². The first kappa shape index (κ1) is 12.4. The zero-order valence-electron chi connectivity index (χ0n) is 8.99. The van der Waals surface area contributed by atoms with Crippen molar-refractivity contribution in [2.45, 2.75) is 6.04 Å². The van der Waals surface area contributed by atoms with Gasteiger partial charge in [0.05, 0.1) is 16.8 Å². The third-order valence-corrected chi connectivity index (χ3v) is 3.47. The number of hydrogen-bond acceptors (Lipinski definition) is 3. The van der Waals surface area contributed by atoms with Crippen LogP contribution in [0.3, 0.4) is 0 Å². The van der Waals surface area contributed by atoms with Gasteiger partial charge in [-0.25, -0.2) is 4.39 Å². The fourth-order valence-corrected chi connectivity index (χ4v) is 2.43. The Kier molecular flexibility index (Phi) is 3.99. The van der Waals surface area contributed by atoms with Gasteiger partial charge in [0, 0.05) is 6.54 Å². The molecule has 2 rings (SSSR count). The molecule has 1 atom stereocenters. The largest absolute Gasteiger partial charge is 0.376 e. The summed E-state index contributed by atoms with van der Waals surface area (Å²) in [5.74, 6) is -0.321. The number of thiophene rings is 1. The maximum atomic E-state index is 13.1. The molecule has 0 fully saturated rings. The van der Waals surface area contributed by atoms with Crippen molar-refractivity contribution in [3.05, 3.63) is 51.4 Å². The molecule has 0 spiro atoms. The highest BCUT2D eigenvalue weighted by molar-refractivity contribution is 7.08. The van der Waals surface area contributed by atoms with Crippen LogP contribution in [0.25, 0.3) is 0 Å². The van der Waals surface area contributed by atoms with E-state index in [1.54, 1.807) is 11.3 Å². The molecule has 0 saturated heterocycles. The molecular weight excluding hydrogens is 259 g/mol. The Morgan fingerprint density at radius 3 is 2.88 bits per heavy atom. The highest BCUT2D eigenvalue weighted by atomic mass is 35.5. The summed E-state index contributed by atoms with van der Waals surface area (Å²) >= 11 is 7.59. The van der Waals surface area contributed by atoms with E-state index in [0.717, 1.165) is 5.56 Å². The quantitative estimate of drug-likeness (QED) is 0.890. The summed E-state index contributed by atoms with van der Waals surface area (Å²) in [4.78, 5) is 0. The molecule has 1 heterocycles. The molecule has 2 aromatic rings. The fourth-order valence-electron chi connectivity index (χ4n) is 1.55. The van der Waals surface area contributed by atoms with Crippen molar-refractivity contribution in [3.8, 4) is 0 Å². The summed E-state index contributed by atoms with van der Waals surface area (Å²) in [5.41, 5.74) is 7.35. The Hall–Kier alpha value is -1.10. The van der Waals surface area contributed by atoms with E-state index in [9.17, 15) is 4.39 Å². The first-order valence-electron chi connectivity index (χ1n) is 5.14. The minimum Gasteiger partial charge on any atom is -0.376 e. The summed E-state index contributed by atoms with van der Waals surface area (Å²) in [7, 11) is 0. The zero-order valence-corrected chi connectivity index (χ0v) is 10.6. The van der Waals surface area contributed by atoms with Crippen molar-refractivity contribution in [1.82, 2.24) is 0 Å². The van der Waals surface area contributed by atoms with Gasteiger partial charge in [-0.3, -0.25) is 0 Å². The number of rotatable bonds is 4. The molecule has 3 N–H and O–H groups in total. The van der Waals surface area contributed by atoms with Crippen LogP contribution in [0.4, 0.5) is 10.1 Å². The second-order valence-corrected chi connectivity index (χ2v) is 4.80. The first-order valence-corrected chi connectivity index (χ1v) is 6.46. The van der Waals surface area contributed by atoms with Gasteiger partial charge in [0.25, 0.3) is 0 Å². The Balaban J connectivity index is 2.21. The Labute approximate surface area is 108 Å². The number of halogens is 2. The van der Waals surface area contributed by atoms with Crippen LogP contribution in [0.2, 0.25) is 5.02 Å². The smallest absolute Gasteiger partial charge is 0.125 e. The predicted molar refractivity (Wildman–Crippen MR) is 71.1 cm³/mol. The van der Waals surface area contributed by atoms with Crippen LogP contribution < -0.4 is 11.1 Å². The van der Waals surface area contributed by atoms with E-state index in [1.807, 2.05) is 16.8 Å². The first-order chi connectivity index (χ1) is 8.20. The van der Waals surface area contributed by atoms with E-state index in [-0.39, 0.29) is 11.9 Å². The summed E-state index contributed by atoms with van der Waals surface area (Å²) in [6.45, 7) is 0.420. The average molecular weight is 271 g/mol. The van der Waals surface area contributed by atoms with E-state index in [1.165, 1.54) is 18.2 Å². The van der Waals surface area contributed by atoms with Gasteiger partial charge in [-0.15, -0.1) is 0 Å². The van der Waals surface area contributed by atoms with Gasteiger partial charge < -0.3 is 11.1 Å². The molecule has 0 aliphatic carbocycles. The minimum absolute atomic E-state index is 0.0550. The second kappa shape index (κ2) is 5.49. The molecule has 90 valence electrons. The van der Waals surface area contributed by atoms with Gasteiger partial charge >= 0.3 is 0 Å². The van der Waals surface area contributed by atoms with Crippen LogP contribution in [0, 0.1) is 5.82 Å². The Morgan fingerprint density at radius 1 is 1.41 bits per heavy atom. The molecule has 1 aromatic carbocycles. The van der Waals surface area contributed by atoms with Crippen LogP contribution in [-0.4, -0.2) is 6.54 Å². The van der Waals surface area contributed by atoms with Crippen LogP contribution in [0.15, 0.2) is 35.0 Å². The lowest BCUT2D eigenvalue weighted by Gasteiger charge is -2.18. The number of anilines is 1. The average Bonchev–Trinajstić information content (AvgIpc) is 2.84. The van der Waals surface area contributed by atoms with Gasteiger partial charge in [0.1, 0.15) is 5.82 Å². The molecule has 5 heteroatoms. The highest BCUT2D eigenvalue weighted by Gasteiger charge is 2.12. The van der Waals surface area contributed by atoms with E-state index in [0.29, 0.717) is 17.3 Å². The SMILES string of the molecule is NCC(Nc1cc(F)ccc1Cl)c1ccsc1. The van der Waals surface area contributed by atoms with Crippen molar-refractivity contribution in [2.75, 3.05) is 11.9 Å². The molecule has 1 aromatic heterocycles. The van der Waals surface area contributed by atoms with Gasteiger partial charge in [-0.1, -0.05) is 11.6 Å². The van der Waals surface area contributed by atoms with Crippen molar-refractivity contribution in [2.24, 2.45) is 5.73 Å². The molecule has 0 radical (unpaired) electrons. The van der Waals surface area contributed by atoms with E-state index < -0.39 is 0 Å². The predicted octanol–water partition coefficient (Wildman–Crippen LogP) is 3.65. The number of nitrogens with two attached hydrogens (primary N) is 1. The van der Waals surface area contributed by atoms with Gasteiger partial charge in [-0.05, 0) is 40.6 Å². The van der Waals surface area contributed by atoms with Crippen molar-refractivity contribution < 1.29 is 4.39 Å². The zero-order chi connectivity index (χ0) is 12.3. The minimum atomic E-state index is -0.321. The third-order valence-electron chi connectivity index (χ3n) is 2.44. The lowest BCUT2D eigenvalue weighted by Crippen LogP contribution is -2.20. The summed E-state index contributed by atoms with van der Waals surface area (Å²) in [5, 5.41) is 7.63. The molecular formula is C12H12ClFN2S.